The quantitative estimate of drug-likeness (QED) is 0.103. The van der Waals surface area contributed by atoms with E-state index >= 15 is 0 Å². The number of hydrogen-bond acceptors (Lipinski definition) is 5. The van der Waals surface area contributed by atoms with Gasteiger partial charge in [-0.15, -0.1) is 0 Å². The molecule has 2 aromatic rings. The van der Waals surface area contributed by atoms with Gasteiger partial charge >= 0.3 is 11.9 Å². The highest BCUT2D eigenvalue weighted by molar-refractivity contribution is 5.88. The number of hydrogen-bond donors (Lipinski definition) is 1. The Morgan fingerprint density at radius 3 is 1.94 bits per heavy atom. The molecule has 2 saturated carbocycles. The number of benzene rings is 2. The Labute approximate surface area is 296 Å². The molecule has 0 saturated heterocycles. The fourth-order valence-electron chi connectivity index (χ4n) is 8.29. The first-order chi connectivity index (χ1) is 23.6. The highest BCUT2D eigenvalue weighted by Crippen LogP contribution is 2.42. The van der Waals surface area contributed by atoms with E-state index in [2.05, 4.69) is 70.3 Å². The number of aliphatic hydroxyl groups is 1. The molecule has 0 spiro atoms. The summed E-state index contributed by atoms with van der Waals surface area (Å²) >= 11 is 0. The minimum Gasteiger partial charge on any atom is -0.462 e. The van der Waals surface area contributed by atoms with Crippen molar-refractivity contribution in [1.29, 1.82) is 0 Å². The molecule has 1 unspecified atom stereocenters. The molecule has 4 rings (SSSR count). The summed E-state index contributed by atoms with van der Waals surface area (Å²) in [6, 6.07) is 14.3. The fraction of sp³-hybridized carbons (Fsp3) is 0.591. The number of esters is 2. The highest BCUT2D eigenvalue weighted by atomic mass is 16.5. The molecule has 268 valence electrons. The summed E-state index contributed by atoms with van der Waals surface area (Å²) in [4.78, 5) is 24.2. The van der Waals surface area contributed by atoms with Gasteiger partial charge in [-0.05, 0) is 135 Å². The maximum atomic E-state index is 12.1. The lowest BCUT2D eigenvalue weighted by molar-refractivity contribution is -0.144. The number of carbonyl (C=O) groups excluding carboxylic acids is 2. The zero-order valence-corrected chi connectivity index (χ0v) is 30.9. The Morgan fingerprint density at radius 2 is 1.37 bits per heavy atom. The van der Waals surface area contributed by atoms with Gasteiger partial charge in [0.05, 0.1) is 25.4 Å². The number of rotatable bonds is 17. The molecule has 49 heavy (non-hydrogen) atoms. The van der Waals surface area contributed by atoms with E-state index < -0.39 is 18.5 Å². The van der Waals surface area contributed by atoms with Crippen molar-refractivity contribution in [1.82, 2.24) is 0 Å². The van der Waals surface area contributed by atoms with Crippen molar-refractivity contribution in [3.8, 4) is 11.1 Å². The Balaban J connectivity index is 1.34. The van der Waals surface area contributed by atoms with Crippen molar-refractivity contribution in [3.63, 3.8) is 0 Å². The summed E-state index contributed by atoms with van der Waals surface area (Å²) in [6.07, 6.45) is 17.3. The maximum absolute atomic E-state index is 12.1. The van der Waals surface area contributed by atoms with Gasteiger partial charge in [0.25, 0.3) is 0 Å². The number of unbranched alkanes of at least 4 members (excludes halogenated alkanes) is 2. The first-order valence-corrected chi connectivity index (χ1v) is 19.1. The highest BCUT2D eigenvalue weighted by Gasteiger charge is 2.28. The number of ether oxygens (including phenoxy) is 2. The maximum Gasteiger partial charge on any atom is 0.335 e. The minimum atomic E-state index is -0.612. The first kappa shape index (κ1) is 38.6. The van der Waals surface area contributed by atoms with Gasteiger partial charge in [0.15, 0.2) is 0 Å². The molecule has 0 bridgehead atoms. The Morgan fingerprint density at radius 1 is 0.796 bits per heavy atom. The third-order valence-corrected chi connectivity index (χ3v) is 11.3. The van der Waals surface area contributed by atoms with Crippen LogP contribution in [-0.2, 0) is 25.5 Å². The smallest absolute Gasteiger partial charge is 0.335 e. The van der Waals surface area contributed by atoms with Gasteiger partial charge in [-0.3, -0.25) is 0 Å². The van der Waals surface area contributed by atoms with E-state index in [4.69, 9.17) is 9.47 Å². The van der Waals surface area contributed by atoms with Crippen molar-refractivity contribution >= 4 is 11.9 Å². The van der Waals surface area contributed by atoms with Gasteiger partial charge in [0.2, 0.25) is 0 Å². The normalized spacial score (nSPS) is 21.5. The molecule has 5 nitrogen and oxygen atoms in total. The van der Waals surface area contributed by atoms with Crippen LogP contribution < -0.4 is 0 Å². The van der Waals surface area contributed by atoms with Crippen molar-refractivity contribution in [2.75, 3.05) is 19.8 Å². The predicted molar refractivity (Wildman–Crippen MR) is 201 cm³/mol. The van der Waals surface area contributed by atoms with Gasteiger partial charge in [0, 0.05) is 11.5 Å². The monoisotopic (exact) mass is 670 g/mol. The lowest BCUT2D eigenvalue weighted by Crippen LogP contribution is -2.26. The van der Waals surface area contributed by atoms with Gasteiger partial charge in [-0.2, -0.15) is 0 Å². The third-order valence-electron chi connectivity index (χ3n) is 11.3. The van der Waals surface area contributed by atoms with E-state index in [-0.39, 0.29) is 24.7 Å². The molecule has 1 N–H and O–H groups in total. The van der Waals surface area contributed by atoms with Crippen LogP contribution in [0.3, 0.4) is 0 Å². The lowest BCUT2D eigenvalue weighted by atomic mass is 9.74. The standard InChI is InChI=1S/C44H62O5/c1-7-9-10-11-33-12-16-38(17-13-33)42-23-21-40(26-36(42)8-2)39-20-22-41(31(5)24-39)37-18-14-34(15-19-37)25-35(28-48-43(46)30(3)4)29-49-44(47)32(6)27-45/h20-24,26,33-35,37-38,45H,3,6-19,25,27-29H2,1-2,4-5H3. The molecule has 0 aromatic heterocycles. The topological polar surface area (TPSA) is 72.8 Å². The molecule has 2 fully saturated rings. The Bertz CT molecular complexity index is 1410. The van der Waals surface area contributed by atoms with Crippen LogP contribution in [0.1, 0.15) is 138 Å². The van der Waals surface area contributed by atoms with Gasteiger partial charge < -0.3 is 14.6 Å². The second kappa shape index (κ2) is 19.3. The molecule has 0 amide bonds. The summed E-state index contributed by atoms with van der Waals surface area (Å²) in [6.45, 7) is 15.6. The summed E-state index contributed by atoms with van der Waals surface area (Å²) in [5.41, 5.74) is 8.93. The Kier molecular flexibility index (Phi) is 15.2. The van der Waals surface area contributed by atoms with Crippen molar-refractivity contribution in [2.45, 2.75) is 129 Å². The summed E-state index contributed by atoms with van der Waals surface area (Å²) in [5.74, 6) is 1.48. The molecule has 5 heteroatoms. The molecule has 2 aliphatic carbocycles. The van der Waals surface area contributed by atoms with E-state index in [1.54, 1.807) is 12.5 Å². The van der Waals surface area contributed by atoms with E-state index in [0.717, 1.165) is 44.4 Å². The molecule has 2 aromatic carbocycles. The number of aliphatic hydroxyl groups excluding tert-OH is 1. The second-order valence-corrected chi connectivity index (χ2v) is 15.1. The van der Waals surface area contributed by atoms with E-state index in [1.165, 1.54) is 79.2 Å². The van der Waals surface area contributed by atoms with E-state index in [1.807, 2.05) is 0 Å². The zero-order valence-electron chi connectivity index (χ0n) is 30.9. The Hall–Kier alpha value is -3.18. The van der Waals surface area contributed by atoms with Crippen LogP contribution in [-0.4, -0.2) is 36.9 Å². The van der Waals surface area contributed by atoms with E-state index in [0.29, 0.717) is 23.3 Å². The van der Waals surface area contributed by atoms with Crippen LogP contribution in [0.25, 0.3) is 11.1 Å². The SMILES string of the molecule is C=C(C)C(=O)OCC(COC(=O)C(=C)CO)CC1CCC(c2ccc(-c3ccc(C4CCC(CCCCC)CC4)c(CC)c3)cc2C)CC1. The van der Waals surface area contributed by atoms with Crippen LogP contribution in [0.15, 0.2) is 60.7 Å². The average molecular weight is 671 g/mol. The molecular formula is C44H62O5. The van der Waals surface area contributed by atoms with Crippen LogP contribution in [0, 0.1) is 24.7 Å². The summed E-state index contributed by atoms with van der Waals surface area (Å²) in [5, 5.41) is 9.21. The van der Waals surface area contributed by atoms with Crippen LogP contribution in [0.5, 0.6) is 0 Å². The first-order valence-electron chi connectivity index (χ1n) is 19.1. The van der Waals surface area contributed by atoms with Crippen molar-refractivity contribution in [2.24, 2.45) is 17.8 Å². The summed E-state index contributed by atoms with van der Waals surface area (Å²) in [7, 11) is 0. The van der Waals surface area contributed by atoms with Crippen LogP contribution in [0.4, 0.5) is 0 Å². The van der Waals surface area contributed by atoms with Gasteiger partial charge in [-0.25, -0.2) is 9.59 Å². The largest absolute Gasteiger partial charge is 0.462 e. The minimum absolute atomic E-state index is 0.0212. The third kappa shape index (κ3) is 11.2. The van der Waals surface area contributed by atoms with Crippen LogP contribution >= 0.6 is 0 Å². The van der Waals surface area contributed by atoms with Crippen LogP contribution in [0.2, 0.25) is 0 Å². The lowest BCUT2D eigenvalue weighted by Gasteiger charge is -2.32. The fourth-order valence-corrected chi connectivity index (χ4v) is 8.29. The van der Waals surface area contributed by atoms with Crippen molar-refractivity contribution < 1.29 is 24.2 Å². The molecular weight excluding hydrogens is 608 g/mol. The van der Waals surface area contributed by atoms with E-state index in [9.17, 15) is 14.7 Å². The second-order valence-electron chi connectivity index (χ2n) is 15.1. The molecule has 1 atom stereocenters. The molecule has 0 radical (unpaired) electrons. The molecule has 0 heterocycles. The average Bonchev–Trinajstić information content (AvgIpc) is 3.12. The summed E-state index contributed by atoms with van der Waals surface area (Å²) < 4.78 is 10.9. The number of carbonyl (C=O) groups is 2. The zero-order chi connectivity index (χ0) is 35.3. The number of aryl methyl sites for hydroxylation is 2. The van der Waals surface area contributed by atoms with Crippen molar-refractivity contribution in [3.05, 3.63) is 83.0 Å². The molecule has 0 aliphatic heterocycles. The molecule has 2 aliphatic rings. The predicted octanol–water partition coefficient (Wildman–Crippen LogP) is 10.6. The van der Waals surface area contributed by atoms with Gasteiger partial charge in [0.1, 0.15) is 0 Å². The van der Waals surface area contributed by atoms with Gasteiger partial charge in [-0.1, -0.05) is 89.1 Å².